The number of nitrogens with one attached hydrogen (secondary N) is 1. The highest BCUT2D eigenvalue weighted by atomic mass is 16.4. The Balaban J connectivity index is 2.56. The minimum absolute atomic E-state index is 0.0554. The van der Waals surface area contributed by atoms with Gasteiger partial charge in [0.05, 0.1) is 24.0 Å². The lowest BCUT2D eigenvalue weighted by atomic mass is 9.80. The van der Waals surface area contributed by atoms with E-state index in [0.29, 0.717) is 17.8 Å². The van der Waals surface area contributed by atoms with E-state index in [0.717, 1.165) is 0 Å². The summed E-state index contributed by atoms with van der Waals surface area (Å²) < 4.78 is 0. The van der Waals surface area contributed by atoms with Crippen LogP contribution in [-0.2, 0) is 16.0 Å². The van der Waals surface area contributed by atoms with Gasteiger partial charge in [0.1, 0.15) is 0 Å². The van der Waals surface area contributed by atoms with Gasteiger partial charge in [-0.05, 0) is 23.5 Å². The van der Waals surface area contributed by atoms with Crippen molar-refractivity contribution in [2.24, 2.45) is 11.3 Å². The summed E-state index contributed by atoms with van der Waals surface area (Å²) >= 11 is 0. The van der Waals surface area contributed by atoms with Crippen molar-refractivity contribution >= 4 is 17.6 Å². The fraction of sp³-hybridized carbons (Fsp3) is 0.533. The van der Waals surface area contributed by atoms with Crippen LogP contribution in [0.5, 0.6) is 0 Å². The van der Waals surface area contributed by atoms with Gasteiger partial charge in [-0.1, -0.05) is 27.7 Å². The van der Waals surface area contributed by atoms with Gasteiger partial charge in [0.25, 0.3) is 0 Å². The van der Waals surface area contributed by atoms with E-state index in [4.69, 9.17) is 5.11 Å². The quantitative estimate of drug-likeness (QED) is 0.868. The molecular formula is C15H22N2O3. The highest BCUT2D eigenvalue weighted by Gasteiger charge is 2.22. The molecule has 0 aliphatic heterocycles. The number of carboxylic acid groups (broad SMARTS) is 1. The van der Waals surface area contributed by atoms with Crippen LogP contribution in [0.4, 0.5) is 5.69 Å². The summed E-state index contributed by atoms with van der Waals surface area (Å²) in [5.74, 6) is -0.713. The molecule has 1 aromatic heterocycles. The fourth-order valence-corrected chi connectivity index (χ4v) is 1.55. The summed E-state index contributed by atoms with van der Waals surface area (Å²) in [7, 11) is 0. The zero-order valence-electron chi connectivity index (χ0n) is 12.4. The first-order chi connectivity index (χ1) is 9.18. The molecule has 5 heteroatoms. The maximum atomic E-state index is 11.9. The van der Waals surface area contributed by atoms with Crippen molar-refractivity contribution < 1.29 is 14.7 Å². The van der Waals surface area contributed by atoms with Gasteiger partial charge < -0.3 is 10.4 Å². The Hall–Kier alpha value is -1.91. The van der Waals surface area contributed by atoms with Gasteiger partial charge in [-0.3, -0.25) is 14.6 Å². The van der Waals surface area contributed by atoms with E-state index >= 15 is 0 Å². The fourth-order valence-electron chi connectivity index (χ4n) is 1.55. The second-order valence-electron chi connectivity index (χ2n) is 6.13. The monoisotopic (exact) mass is 278 g/mol. The summed E-state index contributed by atoms with van der Waals surface area (Å²) in [6.45, 7) is 8.36. The van der Waals surface area contributed by atoms with Crippen molar-refractivity contribution in [3.63, 3.8) is 0 Å². The highest BCUT2D eigenvalue weighted by molar-refractivity contribution is 5.90. The van der Waals surface area contributed by atoms with Crippen LogP contribution < -0.4 is 5.32 Å². The molecule has 0 aliphatic rings. The number of carboxylic acids is 1. The summed E-state index contributed by atoms with van der Waals surface area (Å²) in [6.07, 6.45) is 1.81. The first kappa shape index (κ1) is 16.1. The lowest BCUT2D eigenvalue weighted by Gasteiger charge is -2.26. The van der Waals surface area contributed by atoms with Crippen LogP contribution in [0.2, 0.25) is 0 Å². The third-order valence-corrected chi connectivity index (χ3v) is 3.41. The molecule has 5 nitrogen and oxygen atoms in total. The van der Waals surface area contributed by atoms with Gasteiger partial charge in [0.2, 0.25) is 5.91 Å². The number of carbonyl (C=O) groups is 2. The number of rotatable bonds is 5. The number of aliphatic carboxylic acids is 1. The number of hydrogen-bond donors (Lipinski definition) is 2. The van der Waals surface area contributed by atoms with Gasteiger partial charge in [0, 0.05) is 6.42 Å². The number of pyridine rings is 1. The van der Waals surface area contributed by atoms with E-state index in [2.05, 4.69) is 31.1 Å². The first-order valence-corrected chi connectivity index (χ1v) is 6.65. The molecule has 1 heterocycles. The zero-order valence-corrected chi connectivity index (χ0v) is 12.4. The predicted octanol–water partition coefficient (Wildman–Crippen LogP) is 2.72. The number of aromatic nitrogens is 1. The number of anilines is 1. The van der Waals surface area contributed by atoms with Gasteiger partial charge in [0.15, 0.2) is 0 Å². The Morgan fingerprint density at radius 2 is 2.00 bits per heavy atom. The summed E-state index contributed by atoms with van der Waals surface area (Å²) in [6, 6.07) is 3.28. The van der Waals surface area contributed by atoms with E-state index < -0.39 is 5.97 Å². The molecule has 0 spiro atoms. The molecular weight excluding hydrogens is 256 g/mol. The molecule has 1 amide bonds. The number of hydrogen-bond acceptors (Lipinski definition) is 3. The minimum atomic E-state index is -0.923. The molecule has 0 aliphatic carbocycles. The molecule has 0 saturated heterocycles. The van der Waals surface area contributed by atoms with E-state index in [1.54, 1.807) is 12.1 Å². The molecule has 2 N–H and O–H groups in total. The lowest BCUT2D eigenvalue weighted by molar-refractivity contribution is -0.136. The molecule has 1 rings (SSSR count). The Kier molecular flexibility index (Phi) is 5.25. The van der Waals surface area contributed by atoms with Crippen molar-refractivity contribution in [3.05, 3.63) is 24.0 Å². The summed E-state index contributed by atoms with van der Waals surface area (Å²) in [5.41, 5.74) is 1.14. The molecule has 0 bridgehead atoms. The third kappa shape index (κ3) is 5.38. The van der Waals surface area contributed by atoms with Crippen LogP contribution in [0.25, 0.3) is 0 Å². The van der Waals surface area contributed by atoms with Crippen LogP contribution in [0.1, 0.15) is 39.8 Å². The molecule has 1 aromatic rings. The first-order valence-electron chi connectivity index (χ1n) is 6.65. The van der Waals surface area contributed by atoms with Crippen LogP contribution >= 0.6 is 0 Å². The van der Waals surface area contributed by atoms with Crippen molar-refractivity contribution in [2.75, 3.05) is 5.32 Å². The maximum Gasteiger partial charge on any atom is 0.309 e. The van der Waals surface area contributed by atoms with Crippen LogP contribution in [0, 0.1) is 11.3 Å². The molecule has 110 valence electrons. The van der Waals surface area contributed by atoms with Crippen molar-refractivity contribution in [1.82, 2.24) is 4.98 Å². The van der Waals surface area contributed by atoms with E-state index in [-0.39, 0.29) is 23.7 Å². The third-order valence-electron chi connectivity index (χ3n) is 3.41. The van der Waals surface area contributed by atoms with Crippen LogP contribution in [-0.4, -0.2) is 22.0 Å². The van der Waals surface area contributed by atoms with Crippen molar-refractivity contribution in [1.29, 1.82) is 0 Å². The van der Waals surface area contributed by atoms with Gasteiger partial charge in [-0.25, -0.2) is 0 Å². The van der Waals surface area contributed by atoms with Crippen molar-refractivity contribution in [2.45, 2.75) is 40.5 Å². The van der Waals surface area contributed by atoms with Crippen molar-refractivity contribution in [3.8, 4) is 0 Å². The maximum absolute atomic E-state index is 11.9. The Labute approximate surface area is 119 Å². The number of nitrogens with zero attached hydrogens (tertiary/aromatic N) is 1. The number of carbonyl (C=O) groups excluding carboxylic acids is 1. The van der Waals surface area contributed by atoms with E-state index in [1.807, 2.05) is 6.92 Å². The van der Waals surface area contributed by atoms with Gasteiger partial charge in [-0.2, -0.15) is 0 Å². The molecule has 0 radical (unpaired) electrons. The normalized spacial score (nSPS) is 12.8. The van der Waals surface area contributed by atoms with Crippen LogP contribution in [0.15, 0.2) is 18.3 Å². The highest BCUT2D eigenvalue weighted by Crippen LogP contribution is 2.28. The smallest absolute Gasteiger partial charge is 0.309 e. The average Bonchev–Trinajstić information content (AvgIpc) is 2.29. The average molecular weight is 278 g/mol. The Morgan fingerprint density at radius 3 is 2.45 bits per heavy atom. The van der Waals surface area contributed by atoms with Gasteiger partial charge in [-0.15, -0.1) is 0 Å². The molecule has 0 fully saturated rings. The molecule has 0 aromatic carbocycles. The van der Waals surface area contributed by atoms with E-state index in [1.165, 1.54) is 6.20 Å². The Morgan fingerprint density at radius 1 is 1.35 bits per heavy atom. The second-order valence-corrected chi connectivity index (χ2v) is 6.13. The lowest BCUT2D eigenvalue weighted by Crippen LogP contribution is -2.24. The molecule has 1 atom stereocenters. The predicted molar refractivity (Wildman–Crippen MR) is 77.4 cm³/mol. The standard InChI is InChI=1S/C15H22N2O3/c1-10(15(2,3)4)7-13(18)17-12-6-5-11(16-9-12)8-14(19)20/h5-6,9-10H,7-8H2,1-4H3,(H,17,18)(H,19,20). The van der Waals surface area contributed by atoms with E-state index in [9.17, 15) is 9.59 Å². The second kappa shape index (κ2) is 6.50. The Bertz CT molecular complexity index is 475. The zero-order chi connectivity index (χ0) is 15.3. The topological polar surface area (TPSA) is 79.3 Å². The molecule has 20 heavy (non-hydrogen) atoms. The summed E-state index contributed by atoms with van der Waals surface area (Å²) in [4.78, 5) is 26.4. The SMILES string of the molecule is CC(CC(=O)Nc1ccc(CC(=O)O)nc1)C(C)(C)C. The summed E-state index contributed by atoms with van der Waals surface area (Å²) in [5, 5.41) is 11.4. The largest absolute Gasteiger partial charge is 0.481 e. The molecule has 1 unspecified atom stereocenters. The van der Waals surface area contributed by atoms with Gasteiger partial charge >= 0.3 is 5.97 Å². The number of amides is 1. The minimum Gasteiger partial charge on any atom is -0.481 e. The van der Waals surface area contributed by atoms with Crippen LogP contribution in [0.3, 0.4) is 0 Å². The molecule has 0 saturated carbocycles.